The van der Waals surface area contributed by atoms with Crippen LogP contribution in [-0.4, -0.2) is 15.3 Å². The van der Waals surface area contributed by atoms with Crippen LogP contribution >= 0.6 is 0 Å². The lowest BCUT2D eigenvalue weighted by atomic mass is 10.1. The average molecular weight is 174 g/mol. The molecule has 0 radical (unpaired) electrons. The fourth-order valence-electron chi connectivity index (χ4n) is 1.29. The lowest BCUT2D eigenvalue weighted by Crippen LogP contribution is -1.79. The molecule has 0 atom stereocenters. The molecular weight excluding hydrogens is 164 g/mol. The molecule has 0 unspecified atom stereocenters. The van der Waals surface area contributed by atoms with Crippen molar-refractivity contribution in [1.82, 2.24) is 10.2 Å². The first kappa shape index (κ1) is 7.86. The number of aromatic nitrogens is 2. The lowest BCUT2D eigenvalue weighted by molar-refractivity contribution is 0.477. The third-order valence-corrected chi connectivity index (χ3v) is 1.93. The smallest absolute Gasteiger partial charge is 0.161 e. The number of nitrogens with zero attached hydrogens (tertiary/aromatic N) is 1. The molecule has 3 nitrogen and oxygen atoms in total. The van der Waals surface area contributed by atoms with Gasteiger partial charge in [0, 0.05) is 5.56 Å². The molecule has 0 aliphatic rings. The molecule has 13 heavy (non-hydrogen) atoms. The highest BCUT2D eigenvalue weighted by atomic mass is 16.3. The lowest BCUT2D eigenvalue weighted by Gasteiger charge is -1.99. The number of hydrogen-bond acceptors (Lipinski definition) is 2. The van der Waals surface area contributed by atoms with Crippen molar-refractivity contribution in [2.24, 2.45) is 0 Å². The Morgan fingerprint density at radius 1 is 1.38 bits per heavy atom. The summed E-state index contributed by atoms with van der Waals surface area (Å²) in [5.41, 5.74) is 2.78. The van der Waals surface area contributed by atoms with Gasteiger partial charge in [0.15, 0.2) is 5.75 Å². The first-order valence-electron chi connectivity index (χ1n) is 4.07. The van der Waals surface area contributed by atoms with Crippen LogP contribution < -0.4 is 0 Å². The summed E-state index contributed by atoms with van der Waals surface area (Å²) in [6.45, 7) is 2.01. The van der Waals surface area contributed by atoms with Crippen LogP contribution in [0, 0.1) is 6.92 Å². The highest BCUT2D eigenvalue weighted by Crippen LogP contribution is 2.26. The van der Waals surface area contributed by atoms with Crippen LogP contribution in [0.15, 0.2) is 30.5 Å². The number of H-pyrrole nitrogens is 1. The van der Waals surface area contributed by atoms with E-state index in [1.807, 2.05) is 31.2 Å². The van der Waals surface area contributed by atoms with Gasteiger partial charge in [0.05, 0.1) is 6.20 Å². The summed E-state index contributed by atoms with van der Waals surface area (Å²) in [5.74, 6) is 0.186. The summed E-state index contributed by atoms with van der Waals surface area (Å²) < 4.78 is 0. The van der Waals surface area contributed by atoms with E-state index in [0.29, 0.717) is 5.69 Å². The van der Waals surface area contributed by atoms with Gasteiger partial charge < -0.3 is 5.11 Å². The number of rotatable bonds is 1. The Hall–Kier alpha value is -1.77. The molecule has 0 aliphatic heterocycles. The third-order valence-electron chi connectivity index (χ3n) is 1.93. The molecule has 0 bridgehead atoms. The average Bonchev–Trinajstić information content (AvgIpc) is 2.51. The largest absolute Gasteiger partial charge is 0.504 e. The van der Waals surface area contributed by atoms with Gasteiger partial charge in [-0.3, -0.25) is 5.10 Å². The van der Waals surface area contributed by atoms with E-state index in [1.54, 1.807) is 0 Å². The maximum atomic E-state index is 9.40. The van der Waals surface area contributed by atoms with Crippen molar-refractivity contribution in [2.75, 3.05) is 0 Å². The number of hydrogen-bond donors (Lipinski definition) is 2. The first-order valence-corrected chi connectivity index (χ1v) is 4.07. The first-order chi connectivity index (χ1) is 6.27. The fourth-order valence-corrected chi connectivity index (χ4v) is 1.29. The van der Waals surface area contributed by atoms with Crippen molar-refractivity contribution >= 4 is 0 Å². The third kappa shape index (κ3) is 1.40. The summed E-state index contributed by atoms with van der Waals surface area (Å²) in [6, 6.07) is 7.88. The normalized spacial score (nSPS) is 10.2. The number of benzene rings is 1. The topological polar surface area (TPSA) is 48.9 Å². The Bertz CT molecular complexity index is 420. The van der Waals surface area contributed by atoms with Crippen molar-refractivity contribution in [2.45, 2.75) is 6.92 Å². The van der Waals surface area contributed by atoms with E-state index in [9.17, 15) is 5.11 Å². The van der Waals surface area contributed by atoms with Crippen molar-refractivity contribution in [3.05, 3.63) is 36.0 Å². The highest BCUT2D eigenvalue weighted by molar-refractivity contribution is 5.65. The van der Waals surface area contributed by atoms with Crippen LogP contribution in [0.3, 0.4) is 0 Å². The van der Waals surface area contributed by atoms with Gasteiger partial charge in [-0.2, -0.15) is 5.10 Å². The maximum absolute atomic E-state index is 9.40. The van der Waals surface area contributed by atoms with Crippen LogP contribution in [0.4, 0.5) is 0 Å². The molecule has 0 saturated heterocycles. The molecule has 1 aromatic heterocycles. The number of nitrogens with one attached hydrogen (secondary N) is 1. The Morgan fingerprint density at radius 2 is 2.23 bits per heavy atom. The van der Waals surface area contributed by atoms with Gasteiger partial charge in [-0.1, -0.05) is 23.8 Å². The minimum Gasteiger partial charge on any atom is -0.504 e. The van der Waals surface area contributed by atoms with Crippen LogP contribution in [0.2, 0.25) is 0 Å². The maximum Gasteiger partial charge on any atom is 0.161 e. The van der Waals surface area contributed by atoms with E-state index in [1.165, 1.54) is 6.20 Å². The summed E-state index contributed by atoms with van der Waals surface area (Å²) in [5, 5.41) is 15.9. The molecule has 0 saturated carbocycles. The monoisotopic (exact) mass is 174 g/mol. The Morgan fingerprint density at radius 3 is 2.85 bits per heavy atom. The van der Waals surface area contributed by atoms with E-state index >= 15 is 0 Å². The molecule has 1 heterocycles. The Kier molecular flexibility index (Phi) is 1.77. The highest BCUT2D eigenvalue weighted by Gasteiger charge is 2.04. The number of aromatic hydroxyl groups is 1. The molecule has 66 valence electrons. The standard InChI is InChI=1S/C10H10N2O/c1-7-3-2-4-8(5-7)10-9(13)6-11-12-10/h2-6,13H,1H3,(H,11,12). The summed E-state index contributed by atoms with van der Waals surface area (Å²) >= 11 is 0. The second kappa shape index (κ2) is 2.94. The minimum atomic E-state index is 0.186. The second-order valence-electron chi connectivity index (χ2n) is 3.00. The van der Waals surface area contributed by atoms with Crippen LogP contribution in [0.25, 0.3) is 11.3 Å². The van der Waals surface area contributed by atoms with Gasteiger partial charge in [-0.05, 0) is 13.0 Å². The predicted molar refractivity (Wildman–Crippen MR) is 50.4 cm³/mol. The van der Waals surface area contributed by atoms with Gasteiger partial charge in [-0.15, -0.1) is 0 Å². The molecule has 0 amide bonds. The van der Waals surface area contributed by atoms with E-state index in [2.05, 4.69) is 10.2 Å². The zero-order valence-electron chi connectivity index (χ0n) is 7.28. The summed E-state index contributed by atoms with van der Waals surface area (Å²) in [7, 11) is 0. The van der Waals surface area contributed by atoms with Gasteiger partial charge in [-0.25, -0.2) is 0 Å². The minimum absolute atomic E-state index is 0.186. The molecule has 2 rings (SSSR count). The van der Waals surface area contributed by atoms with Crippen LogP contribution in [0.1, 0.15) is 5.56 Å². The van der Waals surface area contributed by atoms with Crippen molar-refractivity contribution in [3.8, 4) is 17.0 Å². The van der Waals surface area contributed by atoms with Gasteiger partial charge in [0.2, 0.25) is 0 Å². The summed E-state index contributed by atoms with van der Waals surface area (Å²) in [6.07, 6.45) is 1.40. The molecule has 0 spiro atoms. The van der Waals surface area contributed by atoms with E-state index in [-0.39, 0.29) is 5.75 Å². The zero-order chi connectivity index (χ0) is 9.26. The Balaban J connectivity index is 2.53. The van der Waals surface area contributed by atoms with Crippen molar-refractivity contribution in [1.29, 1.82) is 0 Å². The molecule has 2 aromatic rings. The van der Waals surface area contributed by atoms with E-state index in [4.69, 9.17) is 0 Å². The summed E-state index contributed by atoms with van der Waals surface area (Å²) in [4.78, 5) is 0. The molecule has 3 heteroatoms. The second-order valence-corrected chi connectivity index (χ2v) is 3.00. The van der Waals surface area contributed by atoms with Crippen molar-refractivity contribution in [3.63, 3.8) is 0 Å². The number of aromatic amines is 1. The van der Waals surface area contributed by atoms with Gasteiger partial charge in [0.25, 0.3) is 0 Å². The quantitative estimate of drug-likeness (QED) is 0.695. The SMILES string of the molecule is Cc1cccc(-c2[nH]ncc2O)c1. The van der Waals surface area contributed by atoms with Crippen LogP contribution in [-0.2, 0) is 0 Å². The molecular formula is C10H10N2O. The molecule has 0 aliphatic carbocycles. The fraction of sp³-hybridized carbons (Fsp3) is 0.100. The molecule has 2 N–H and O–H groups in total. The van der Waals surface area contributed by atoms with E-state index < -0.39 is 0 Å². The van der Waals surface area contributed by atoms with Crippen molar-refractivity contribution < 1.29 is 5.11 Å². The zero-order valence-corrected chi connectivity index (χ0v) is 7.28. The Labute approximate surface area is 76.0 Å². The predicted octanol–water partition coefficient (Wildman–Crippen LogP) is 2.09. The van der Waals surface area contributed by atoms with Gasteiger partial charge >= 0.3 is 0 Å². The molecule has 1 aromatic carbocycles. The molecule has 0 fully saturated rings. The number of aryl methyl sites for hydroxylation is 1. The van der Waals surface area contributed by atoms with Crippen LogP contribution in [0.5, 0.6) is 5.75 Å². The van der Waals surface area contributed by atoms with Gasteiger partial charge in [0.1, 0.15) is 5.69 Å². The van der Waals surface area contributed by atoms with E-state index in [0.717, 1.165) is 11.1 Å².